The van der Waals surface area contributed by atoms with Crippen LogP contribution in [0.25, 0.3) is 0 Å². The van der Waals surface area contributed by atoms with Crippen molar-refractivity contribution in [1.29, 1.82) is 0 Å². The molecule has 10 atom stereocenters. The third-order valence-corrected chi connectivity index (χ3v) is 10.0. The van der Waals surface area contributed by atoms with Gasteiger partial charge in [0.25, 0.3) is 0 Å². The fourth-order valence-corrected chi connectivity index (χ4v) is 9.27. The van der Waals surface area contributed by atoms with Crippen LogP contribution in [0.1, 0.15) is 51.5 Å². The van der Waals surface area contributed by atoms with Crippen LogP contribution in [-0.2, 0) is 5.41 Å². The summed E-state index contributed by atoms with van der Waals surface area (Å²) >= 11 is 0. The Morgan fingerprint density at radius 3 is 2.66 bits per heavy atom. The Morgan fingerprint density at radius 2 is 1.93 bits per heavy atom. The second kappa shape index (κ2) is 6.57. The third-order valence-electron chi connectivity index (χ3n) is 10.0. The van der Waals surface area contributed by atoms with Gasteiger partial charge in [-0.15, -0.1) is 0 Å². The number of para-hydroxylation sites is 1. The lowest BCUT2D eigenvalue weighted by Crippen LogP contribution is -3.00. The van der Waals surface area contributed by atoms with E-state index in [9.17, 15) is 10.2 Å². The van der Waals surface area contributed by atoms with Crippen LogP contribution >= 0.6 is 0 Å². The second-order valence-electron chi connectivity index (χ2n) is 10.4. The first-order valence-corrected chi connectivity index (χ1v) is 11.6. The third kappa shape index (κ3) is 2.03. The molecule has 4 nitrogen and oxygen atoms in total. The average molecular weight is 510 g/mol. The molecule has 4 saturated heterocycles. The van der Waals surface area contributed by atoms with Gasteiger partial charge in [-0.05, 0) is 30.4 Å². The summed E-state index contributed by atoms with van der Waals surface area (Å²) in [7, 11) is 2.24. The molecule has 1 spiro atoms. The van der Waals surface area contributed by atoms with Gasteiger partial charge < -0.3 is 39.1 Å². The number of unbranched alkanes of at least 4 members (excludes halogenated alkanes) is 1. The first-order chi connectivity index (χ1) is 13.5. The first-order valence-electron chi connectivity index (χ1n) is 11.6. The number of hydrogen-bond donors (Lipinski definition) is 2. The van der Waals surface area contributed by atoms with E-state index in [0.29, 0.717) is 35.9 Å². The molecular weight excluding hydrogens is 475 g/mol. The molecule has 0 amide bonds. The Morgan fingerprint density at radius 1 is 1.17 bits per heavy atom. The summed E-state index contributed by atoms with van der Waals surface area (Å²) in [6.45, 7) is 5.59. The highest BCUT2D eigenvalue weighted by Gasteiger charge is 2.82. The highest BCUT2D eigenvalue weighted by atomic mass is 127. The predicted molar refractivity (Wildman–Crippen MR) is 110 cm³/mol. The maximum Gasteiger partial charge on any atom is 0.194 e. The van der Waals surface area contributed by atoms with Crippen molar-refractivity contribution in [2.45, 2.75) is 81.8 Å². The number of rotatable bonds is 4. The zero-order chi connectivity index (χ0) is 19.4. The van der Waals surface area contributed by atoms with Gasteiger partial charge in [-0.3, -0.25) is 4.48 Å². The summed E-state index contributed by atoms with van der Waals surface area (Å²) in [5, 5.41) is 23.7. The Balaban J connectivity index is 0.00000181. The van der Waals surface area contributed by atoms with E-state index in [0.717, 1.165) is 23.9 Å². The molecule has 1 aliphatic carbocycles. The van der Waals surface area contributed by atoms with E-state index in [1.54, 1.807) is 0 Å². The fraction of sp³-hybridized carbons (Fsp3) is 0.750. The van der Waals surface area contributed by atoms with Gasteiger partial charge in [0.2, 0.25) is 0 Å². The van der Waals surface area contributed by atoms with Crippen LogP contribution < -0.4 is 28.9 Å². The van der Waals surface area contributed by atoms with Crippen molar-refractivity contribution in [3.05, 3.63) is 29.8 Å². The van der Waals surface area contributed by atoms with Crippen molar-refractivity contribution in [2.75, 3.05) is 18.5 Å². The molecule has 1 saturated carbocycles. The number of halogens is 1. The van der Waals surface area contributed by atoms with Crippen molar-refractivity contribution < 1.29 is 38.7 Å². The minimum Gasteiger partial charge on any atom is -1.00 e. The smallest absolute Gasteiger partial charge is 0.194 e. The Bertz CT molecular complexity index is 820. The quantitative estimate of drug-likeness (QED) is 0.439. The Labute approximate surface area is 191 Å². The molecule has 29 heavy (non-hydrogen) atoms. The van der Waals surface area contributed by atoms with Gasteiger partial charge in [0.15, 0.2) is 6.23 Å². The molecule has 160 valence electrons. The van der Waals surface area contributed by atoms with Crippen molar-refractivity contribution >= 4 is 5.69 Å². The summed E-state index contributed by atoms with van der Waals surface area (Å²) in [5.41, 5.74) is 2.56. The van der Waals surface area contributed by atoms with E-state index in [-0.39, 0.29) is 41.7 Å². The maximum atomic E-state index is 12.0. The standard InChI is InChI=1S/C24H35N2O2.HI/c1-4-6-11-26-18-12-15(14(5-2)23(26)28)20-19(26)13-24(22(20)27)16-9-7-8-10-17(16)25(3)21(18)24;/h7-10,14-15,18-23,27-28H,4-6,11-13H2,1-3H3;1H/q+1;/p-1/t14?,15-,18?,19-,20?,21?,22-,23+,24?,26?;/m0./s1. The van der Waals surface area contributed by atoms with E-state index in [4.69, 9.17) is 0 Å². The van der Waals surface area contributed by atoms with Gasteiger partial charge in [0.1, 0.15) is 6.04 Å². The fourth-order valence-electron chi connectivity index (χ4n) is 9.27. The number of piperidine rings is 4. The van der Waals surface area contributed by atoms with Crippen LogP contribution in [-0.4, -0.2) is 58.7 Å². The van der Waals surface area contributed by atoms with Gasteiger partial charge in [-0.1, -0.05) is 38.5 Å². The van der Waals surface area contributed by atoms with Gasteiger partial charge in [-0.2, -0.15) is 0 Å². The van der Waals surface area contributed by atoms with Gasteiger partial charge in [0.05, 0.1) is 30.1 Å². The predicted octanol–water partition coefficient (Wildman–Crippen LogP) is -0.127. The van der Waals surface area contributed by atoms with Crippen LogP contribution in [0.15, 0.2) is 24.3 Å². The van der Waals surface area contributed by atoms with Crippen molar-refractivity contribution in [3.63, 3.8) is 0 Å². The van der Waals surface area contributed by atoms with Crippen molar-refractivity contribution in [3.8, 4) is 0 Å². The molecule has 5 bridgehead atoms. The number of likely N-dealkylation sites (N-methyl/N-ethyl adjacent to an activating group) is 1. The number of hydrogen-bond acceptors (Lipinski definition) is 3. The number of anilines is 1. The lowest BCUT2D eigenvalue weighted by Gasteiger charge is -2.68. The van der Waals surface area contributed by atoms with Gasteiger partial charge >= 0.3 is 0 Å². The highest BCUT2D eigenvalue weighted by Crippen LogP contribution is 2.71. The van der Waals surface area contributed by atoms with Crippen LogP contribution in [0, 0.1) is 17.8 Å². The number of aliphatic hydroxyl groups excluding tert-OH is 2. The molecular formula is C24H35IN2O2. The topological polar surface area (TPSA) is 43.7 Å². The lowest BCUT2D eigenvalue weighted by molar-refractivity contribution is -1.04. The number of benzene rings is 1. The monoisotopic (exact) mass is 510 g/mol. The molecule has 1 aromatic rings. The summed E-state index contributed by atoms with van der Waals surface area (Å²) in [6, 6.07) is 10.00. The zero-order valence-corrected chi connectivity index (χ0v) is 20.0. The minimum absolute atomic E-state index is 0. The van der Waals surface area contributed by atoms with E-state index in [1.807, 2.05) is 0 Å². The number of fused-ring (bicyclic) bond motifs is 2. The summed E-state index contributed by atoms with van der Waals surface area (Å²) in [6.07, 6.45) is 5.09. The molecule has 1 aromatic carbocycles. The zero-order valence-electron chi connectivity index (χ0n) is 17.8. The average Bonchev–Trinajstić information content (AvgIpc) is 3.09. The minimum atomic E-state index is -0.272. The maximum absolute atomic E-state index is 12.0. The van der Waals surface area contributed by atoms with E-state index >= 15 is 0 Å². The SMILES string of the molecule is CCCC[N+]12C3C[C@@H](C(CC)[C@H]1O)C1[C@H](O)C4(C[C@@H]12)c1ccccc1N(C)C34.[I-]. The summed E-state index contributed by atoms with van der Waals surface area (Å²) in [5.74, 6) is 1.18. The molecule has 7 rings (SSSR count). The van der Waals surface area contributed by atoms with Crippen LogP contribution in [0.2, 0.25) is 0 Å². The molecule has 2 N–H and O–H groups in total. The van der Waals surface area contributed by atoms with Crippen LogP contribution in [0.4, 0.5) is 5.69 Å². The van der Waals surface area contributed by atoms with Crippen molar-refractivity contribution in [2.24, 2.45) is 17.8 Å². The van der Waals surface area contributed by atoms with Crippen LogP contribution in [0.5, 0.6) is 0 Å². The Kier molecular flexibility index (Phi) is 4.65. The van der Waals surface area contributed by atoms with Gasteiger partial charge in [-0.25, -0.2) is 0 Å². The van der Waals surface area contributed by atoms with E-state index in [1.165, 1.54) is 30.5 Å². The highest BCUT2D eigenvalue weighted by molar-refractivity contribution is 5.66. The molecule has 6 aliphatic rings. The molecule has 0 radical (unpaired) electrons. The Hall–Kier alpha value is -0.370. The van der Waals surface area contributed by atoms with E-state index in [2.05, 4.69) is 50.1 Å². The normalized spacial score (nSPS) is 50.4. The largest absolute Gasteiger partial charge is 1.00 e. The molecule has 0 aromatic heterocycles. The van der Waals surface area contributed by atoms with Crippen molar-refractivity contribution in [1.82, 2.24) is 0 Å². The second-order valence-corrected chi connectivity index (χ2v) is 10.4. The van der Waals surface area contributed by atoms with Gasteiger partial charge in [0, 0.05) is 37.4 Å². The molecule has 5 fully saturated rings. The van der Waals surface area contributed by atoms with E-state index < -0.39 is 0 Å². The first kappa shape index (κ1) is 20.5. The number of quaternary nitrogens is 1. The van der Waals surface area contributed by atoms with Crippen LogP contribution in [0.3, 0.4) is 0 Å². The number of nitrogens with zero attached hydrogens (tertiary/aromatic N) is 2. The molecule has 5 aliphatic heterocycles. The molecule has 5 heterocycles. The summed E-state index contributed by atoms with van der Waals surface area (Å²) in [4.78, 5) is 2.49. The molecule has 5 heteroatoms. The summed E-state index contributed by atoms with van der Waals surface area (Å²) < 4.78 is 0.884. The molecule has 6 unspecified atom stereocenters. The lowest BCUT2D eigenvalue weighted by atomic mass is 9.60. The number of aliphatic hydroxyl groups is 2.